The van der Waals surface area contributed by atoms with Gasteiger partial charge in [-0.15, -0.1) is 0 Å². The first kappa shape index (κ1) is 13.8. The summed E-state index contributed by atoms with van der Waals surface area (Å²) in [4.78, 5) is 23.8. The molecule has 0 heterocycles. The second-order valence-corrected chi connectivity index (χ2v) is 5.54. The van der Waals surface area contributed by atoms with E-state index in [0.717, 1.165) is 35.1 Å². The van der Waals surface area contributed by atoms with Crippen molar-refractivity contribution in [1.82, 2.24) is 5.32 Å². The topological polar surface area (TPSA) is 46.2 Å². The third-order valence-electron chi connectivity index (χ3n) is 3.48. The lowest BCUT2D eigenvalue weighted by molar-refractivity contribution is -0.121. The normalized spacial score (nSPS) is 14.3. The lowest BCUT2D eigenvalue weighted by Gasteiger charge is -2.10. The summed E-state index contributed by atoms with van der Waals surface area (Å²) in [5, 5.41) is 2.91. The fraction of sp³-hybridized carbons (Fsp3) is 0.500. The maximum atomic E-state index is 12.2. The fourth-order valence-electron chi connectivity index (χ4n) is 2.50. The zero-order valence-corrected chi connectivity index (χ0v) is 11.9. The number of Topliss-reactive ketones (excluding diaryl/α,β-unsaturated/α-hetero) is 1. The molecule has 1 saturated carbocycles. The van der Waals surface area contributed by atoms with Gasteiger partial charge in [0.25, 0.3) is 0 Å². The standard InChI is InChI=1S/C16H21NO2/c1-10-8-11(2)16(12(3)9-10)14(18)6-7-15(19)17-13-4-5-13/h8-9,13H,4-7H2,1-3H3,(H,17,19). The molecule has 0 unspecified atom stereocenters. The van der Waals surface area contributed by atoms with Gasteiger partial charge < -0.3 is 5.32 Å². The van der Waals surface area contributed by atoms with Crippen LogP contribution in [0.5, 0.6) is 0 Å². The predicted octanol–water partition coefficient (Wildman–Crippen LogP) is 2.85. The van der Waals surface area contributed by atoms with Gasteiger partial charge in [0.1, 0.15) is 0 Å². The quantitative estimate of drug-likeness (QED) is 0.826. The second-order valence-electron chi connectivity index (χ2n) is 5.54. The molecule has 3 nitrogen and oxygen atoms in total. The Labute approximate surface area is 114 Å². The van der Waals surface area contributed by atoms with Crippen LogP contribution in [0.4, 0.5) is 0 Å². The van der Waals surface area contributed by atoms with Gasteiger partial charge in [-0.2, -0.15) is 0 Å². The minimum absolute atomic E-state index is 0.00160. The van der Waals surface area contributed by atoms with Crippen LogP contribution < -0.4 is 5.32 Å². The van der Waals surface area contributed by atoms with Crippen LogP contribution in [0.15, 0.2) is 12.1 Å². The van der Waals surface area contributed by atoms with Crippen molar-refractivity contribution >= 4 is 11.7 Å². The van der Waals surface area contributed by atoms with E-state index in [-0.39, 0.29) is 11.7 Å². The first-order chi connectivity index (χ1) is 8.97. The number of carbonyl (C=O) groups excluding carboxylic acids is 2. The van der Waals surface area contributed by atoms with Crippen LogP contribution >= 0.6 is 0 Å². The fourth-order valence-corrected chi connectivity index (χ4v) is 2.50. The van der Waals surface area contributed by atoms with Crippen molar-refractivity contribution < 1.29 is 9.59 Å². The van der Waals surface area contributed by atoms with E-state index in [1.807, 2.05) is 32.9 Å². The van der Waals surface area contributed by atoms with Crippen molar-refractivity contribution in [3.05, 3.63) is 34.4 Å². The van der Waals surface area contributed by atoms with E-state index in [9.17, 15) is 9.59 Å². The molecule has 0 aliphatic heterocycles. The molecule has 0 bridgehead atoms. The van der Waals surface area contributed by atoms with Crippen LogP contribution in [0.1, 0.15) is 52.7 Å². The molecule has 1 N–H and O–H groups in total. The van der Waals surface area contributed by atoms with E-state index < -0.39 is 0 Å². The summed E-state index contributed by atoms with van der Waals surface area (Å²) in [7, 11) is 0. The summed E-state index contributed by atoms with van der Waals surface area (Å²) in [6, 6.07) is 4.40. The molecule has 0 saturated heterocycles. The third kappa shape index (κ3) is 3.66. The van der Waals surface area contributed by atoms with Crippen molar-refractivity contribution in [1.29, 1.82) is 0 Å². The number of carbonyl (C=O) groups is 2. The number of amides is 1. The van der Waals surface area contributed by atoms with E-state index in [0.29, 0.717) is 18.9 Å². The summed E-state index contributed by atoms with van der Waals surface area (Å²) in [6.45, 7) is 5.94. The Morgan fingerprint density at radius 3 is 2.21 bits per heavy atom. The van der Waals surface area contributed by atoms with Crippen molar-refractivity contribution in [3.63, 3.8) is 0 Å². The molecule has 102 valence electrons. The molecule has 1 fully saturated rings. The highest BCUT2D eigenvalue weighted by Crippen LogP contribution is 2.20. The Hall–Kier alpha value is -1.64. The lowest BCUT2D eigenvalue weighted by atomic mass is 9.94. The number of aryl methyl sites for hydroxylation is 3. The summed E-state index contributed by atoms with van der Waals surface area (Å²) >= 11 is 0. The summed E-state index contributed by atoms with van der Waals surface area (Å²) in [5.74, 6) is 0.0687. The van der Waals surface area contributed by atoms with E-state index >= 15 is 0 Å². The molecular formula is C16H21NO2. The van der Waals surface area contributed by atoms with Crippen LogP contribution in [0, 0.1) is 20.8 Å². The molecule has 2 rings (SSSR count). The van der Waals surface area contributed by atoms with Gasteiger partial charge in [0.2, 0.25) is 5.91 Å². The Kier molecular flexibility index (Phi) is 4.03. The Bertz CT molecular complexity index is 492. The molecule has 0 radical (unpaired) electrons. The molecule has 1 aliphatic carbocycles. The van der Waals surface area contributed by atoms with Crippen LogP contribution in [0.25, 0.3) is 0 Å². The first-order valence-electron chi connectivity index (χ1n) is 6.88. The molecule has 0 atom stereocenters. The van der Waals surface area contributed by atoms with E-state index in [1.54, 1.807) is 0 Å². The molecule has 1 aliphatic rings. The van der Waals surface area contributed by atoms with Crippen molar-refractivity contribution in [3.8, 4) is 0 Å². The smallest absolute Gasteiger partial charge is 0.220 e. The zero-order valence-electron chi connectivity index (χ0n) is 11.9. The summed E-state index contributed by atoms with van der Waals surface area (Å²) in [5.41, 5.74) is 3.96. The van der Waals surface area contributed by atoms with Crippen molar-refractivity contribution in [2.24, 2.45) is 0 Å². The van der Waals surface area contributed by atoms with Gasteiger partial charge in [-0.3, -0.25) is 9.59 Å². The molecule has 1 aromatic rings. The highest BCUT2D eigenvalue weighted by Gasteiger charge is 2.23. The number of ketones is 1. The van der Waals surface area contributed by atoms with Crippen LogP contribution in [-0.2, 0) is 4.79 Å². The van der Waals surface area contributed by atoms with Gasteiger partial charge in [0, 0.05) is 24.4 Å². The SMILES string of the molecule is Cc1cc(C)c(C(=O)CCC(=O)NC2CC2)c(C)c1. The van der Waals surface area contributed by atoms with Crippen LogP contribution in [0.3, 0.4) is 0 Å². The maximum Gasteiger partial charge on any atom is 0.220 e. The zero-order chi connectivity index (χ0) is 14.0. The predicted molar refractivity (Wildman–Crippen MR) is 75.4 cm³/mol. The summed E-state index contributed by atoms with van der Waals surface area (Å²) in [6.07, 6.45) is 2.75. The number of hydrogen-bond acceptors (Lipinski definition) is 2. The van der Waals surface area contributed by atoms with Gasteiger partial charge in [0.05, 0.1) is 0 Å². The average Bonchev–Trinajstić information content (AvgIpc) is 3.08. The largest absolute Gasteiger partial charge is 0.353 e. The van der Waals surface area contributed by atoms with Crippen LogP contribution in [0.2, 0.25) is 0 Å². The lowest BCUT2D eigenvalue weighted by Crippen LogP contribution is -2.25. The Balaban J connectivity index is 1.97. The highest BCUT2D eigenvalue weighted by molar-refractivity contribution is 6.00. The number of hydrogen-bond donors (Lipinski definition) is 1. The first-order valence-corrected chi connectivity index (χ1v) is 6.88. The van der Waals surface area contributed by atoms with Gasteiger partial charge in [0.15, 0.2) is 5.78 Å². The van der Waals surface area contributed by atoms with Gasteiger partial charge in [-0.25, -0.2) is 0 Å². The monoisotopic (exact) mass is 259 g/mol. The van der Waals surface area contributed by atoms with Gasteiger partial charge in [-0.05, 0) is 44.7 Å². The number of rotatable bonds is 5. The molecule has 0 spiro atoms. The molecule has 0 aromatic heterocycles. The molecular weight excluding hydrogens is 238 g/mol. The molecule has 1 aromatic carbocycles. The molecule has 19 heavy (non-hydrogen) atoms. The number of benzene rings is 1. The minimum Gasteiger partial charge on any atom is -0.353 e. The second kappa shape index (κ2) is 5.55. The van der Waals surface area contributed by atoms with Gasteiger partial charge in [-0.1, -0.05) is 17.7 Å². The number of nitrogens with one attached hydrogen (secondary N) is 1. The van der Waals surface area contributed by atoms with E-state index in [1.165, 1.54) is 0 Å². The molecule has 1 amide bonds. The van der Waals surface area contributed by atoms with Gasteiger partial charge >= 0.3 is 0 Å². The maximum absolute atomic E-state index is 12.2. The van der Waals surface area contributed by atoms with E-state index in [2.05, 4.69) is 5.32 Å². The third-order valence-corrected chi connectivity index (χ3v) is 3.48. The highest BCUT2D eigenvalue weighted by atomic mass is 16.2. The summed E-state index contributed by atoms with van der Waals surface area (Å²) < 4.78 is 0. The Morgan fingerprint density at radius 1 is 1.11 bits per heavy atom. The average molecular weight is 259 g/mol. The van der Waals surface area contributed by atoms with Crippen molar-refractivity contribution in [2.45, 2.75) is 52.5 Å². The molecule has 3 heteroatoms. The minimum atomic E-state index is -0.00160. The van der Waals surface area contributed by atoms with Crippen LogP contribution in [-0.4, -0.2) is 17.7 Å². The van der Waals surface area contributed by atoms with E-state index in [4.69, 9.17) is 0 Å². The Morgan fingerprint density at radius 2 is 1.68 bits per heavy atom. The van der Waals surface area contributed by atoms with Crippen molar-refractivity contribution in [2.75, 3.05) is 0 Å².